The van der Waals surface area contributed by atoms with E-state index in [9.17, 15) is 4.79 Å². The zero-order valence-electron chi connectivity index (χ0n) is 18.9. The van der Waals surface area contributed by atoms with Crippen molar-refractivity contribution in [3.05, 3.63) is 89.0 Å². The number of aromatic nitrogens is 1. The van der Waals surface area contributed by atoms with Crippen LogP contribution in [0, 0.1) is 0 Å². The summed E-state index contributed by atoms with van der Waals surface area (Å²) >= 11 is 7.10. The number of hydrogen-bond acceptors (Lipinski definition) is 3. The predicted molar refractivity (Wildman–Crippen MR) is 147 cm³/mol. The number of thioether (sulfide) groups is 1. The molecular formula is C29H26N2OS2. The van der Waals surface area contributed by atoms with Crippen LogP contribution in [-0.2, 0) is 11.3 Å². The molecule has 1 aromatic heterocycles. The molecule has 0 N–H and O–H groups in total. The van der Waals surface area contributed by atoms with Gasteiger partial charge in [-0.05, 0) is 41.3 Å². The summed E-state index contributed by atoms with van der Waals surface area (Å²) in [6.07, 6.45) is 9.97. The Hall–Kier alpha value is -2.89. The van der Waals surface area contributed by atoms with Crippen molar-refractivity contribution in [3.63, 3.8) is 0 Å². The van der Waals surface area contributed by atoms with Crippen LogP contribution in [0.2, 0.25) is 0 Å². The lowest BCUT2D eigenvalue weighted by Gasteiger charge is -2.29. The molecule has 0 spiro atoms. The van der Waals surface area contributed by atoms with E-state index in [4.69, 9.17) is 12.2 Å². The third kappa shape index (κ3) is 3.87. The van der Waals surface area contributed by atoms with Gasteiger partial charge in [0.05, 0.1) is 4.91 Å². The molecular weight excluding hydrogens is 456 g/mol. The van der Waals surface area contributed by atoms with Gasteiger partial charge in [-0.15, -0.1) is 0 Å². The van der Waals surface area contributed by atoms with E-state index in [0.717, 1.165) is 35.2 Å². The highest BCUT2D eigenvalue weighted by molar-refractivity contribution is 8.26. The molecule has 2 fully saturated rings. The molecule has 1 amide bonds. The Bertz CT molecular complexity index is 1440. The minimum absolute atomic E-state index is 0.0767. The monoisotopic (exact) mass is 482 g/mol. The first-order valence-electron chi connectivity index (χ1n) is 12.0. The Labute approximate surface area is 209 Å². The van der Waals surface area contributed by atoms with Gasteiger partial charge >= 0.3 is 0 Å². The van der Waals surface area contributed by atoms with Crippen molar-refractivity contribution in [2.24, 2.45) is 0 Å². The molecule has 3 nitrogen and oxygen atoms in total. The number of benzene rings is 3. The second-order valence-electron chi connectivity index (χ2n) is 9.21. The first-order valence-corrected chi connectivity index (χ1v) is 13.2. The summed E-state index contributed by atoms with van der Waals surface area (Å²) in [5.74, 6) is 0.0767. The van der Waals surface area contributed by atoms with E-state index in [1.807, 2.05) is 11.0 Å². The zero-order chi connectivity index (χ0) is 23.1. The first kappa shape index (κ1) is 21.6. The number of para-hydroxylation sites is 1. The van der Waals surface area contributed by atoms with Gasteiger partial charge in [0.1, 0.15) is 4.32 Å². The van der Waals surface area contributed by atoms with Gasteiger partial charge in [0.25, 0.3) is 5.91 Å². The van der Waals surface area contributed by atoms with Crippen molar-refractivity contribution >= 4 is 62.0 Å². The second kappa shape index (κ2) is 9.05. The fraction of sp³-hybridized carbons (Fsp3) is 0.241. The number of hydrogen-bond donors (Lipinski definition) is 0. The van der Waals surface area contributed by atoms with E-state index < -0.39 is 0 Å². The quantitative estimate of drug-likeness (QED) is 0.224. The molecule has 0 atom stereocenters. The summed E-state index contributed by atoms with van der Waals surface area (Å²) in [6, 6.07) is 23.7. The third-order valence-corrected chi connectivity index (χ3v) is 8.42. The van der Waals surface area contributed by atoms with Crippen molar-refractivity contribution in [1.29, 1.82) is 0 Å². The fourth-order valence-electron chi connectivity index (χ4n) is 5.41. The lowest BCUT2D eigenvalue weighted by molar-refractivity contribution is -0.124. The van der Waals surface area contributed by atoms with Crippen LogP contribution in [0.4, 0.5) is 0 Å². The lowest BCUT2D eigenvalue weighted by Crippen LogP contribution is -2.39. The maximum Gasteiger partial charge on any atom is 0.266 e. The van der Waals surface area contributed by atoms with Gasteiger partial charge in [0.15, 0.2) is 0 Å². The summed E-state index contributed by atoms with van der Waals surface area (Å²) in [5.41, 5.74) is 3.53. The average molecular weight is 483 g/mol. The van der Waals surface area contributed by atoms with Gasteiger partial charge in [0, 0.05) is 35.2 Å². The number of nitrogens with zero attached hydrogens (tertiary/aromatic N) is 2. The highest BCUT2D eigenvalue weighted by Crippen LogP contribution is 2.38. The van der Waals surface area contributed by atoms with Gasteiger partial charge < -0.3 is 4.57 Å². The molecule has 2 aliphatic rings. The molecule has 6 rings (SSSR count). The highest BCUT2D eigenvalue weighted by Gasteiger charge is 2.37. The highest BCUT2D eigenvalue weighted by atomic mass is 32.2. The number of thiocarbonyl (C=S) groups is 1. The number of rotatable bonds is 4. The molecule has 170 valence electrons. The van der Waals surface area contributed by atoms with E-state index in [1.54, 1.807) is 0 Å². The second-order valence-corrected chi connectivity index (χ2v) is 10.9. The topological polar surface area (TPSA) is 25.2 Å². The summed E-state index contributed by atoms with van der Waals surface area (Å²) in [7, 11) is 0. The molecule has 0 bridgehead atoms. The van der Waals surface area contributed by atoms with E-state index in [2.05, 4.69) is 77.5 Å². The summed E-state index contributed by atoms with van der Waals surface area (Å²) in [5, 5.41) is 3.69. The van der Waals surface area contributed by atoms with E-state index in [-0.39, 0.29) is 11.9 Å². The molecule has 1 saturated carbocycles. The third-order valence-electron chi connectivity index (χ3n) is 7.09. The largest absolute Gasteiger partial charge is 0.342 e. The molecule has 2 heterocycles. The van der Waals surface area contributed by atoms with Crippen LogP contribution in [0.3, 0.4) is 0 Å². The van der Waals surface area contributed by atoms with Crippen molar-refractivity contribution in [3.8, 4) is 0 Å². The SMILES string of the molecule is O=C1/C(=C\c2cn(Cc3cccc4ccccc34)c3ccccc23)SC(=S)N1C1CCCCC1. The number of carbonyl (C=O) groups is 1. The Morgan fingerprint density at radius 2 is 1.65 bits per heavy atom. The maximum atomic E-state index is 13.3. The van der Waals surface area contributed by atoms with Crippen LogP contribution < -0.4 is 0 Å². The minimum Gasteiger partial charge on any atom is -0.342 e. The van der Waals surface area contributed by atoms with Crippen molar-refractivity contribution in [2.45, 2.75) is 44.7 Å². The lowest BCUT2D eigenvalue weighted by atomic mass is 9.94. The molecule has 4 aromatic rings. The van der Waals surface area contributed by atoms with Crippen LogP contribution in [0.5, 0.6) is 0 Å². The summed E-state index contributed by atoms with van der Waals surface area (Å²) in [6.45, 7) is 0.777. The van der Waals surface area contributed by atoms with Crippen LogP contribution in [0.25, 0.3) is 27.8 Å². The number of amides is 1. The minimum atomic E-state index is 0.0767. The molecule has 34 heavy (non-hydrogen) atoms. The standard InChI is InChI=1S/C29H26N2OS2/c32-28-27(34-29(33)31(28)23-12-2-1-3-13-23)17-22-19-30(26-16-7-6-15-25(22)26)18-21-11-8-10-20-9-4-5-14-24(20)21/h4-11,14-17,19,23H,1-3,12-13,18H2/b27-17+. The summed E-state index contributed by atoms with van der Waals surface area (Å²) in [4.78, 5) is 16.0. The fourth-order valence-corrected chi connectivity index (χ4v) is 6.80. The Kier molecular flexibility index (Phi) is 5.75. The molecule has 1 aliphatic carbocycles. The van der Waals surface area contributed by atoms with E-state index in [0.29, 0.717) is 4.32 Å². The Morgan fingerprint density at radius 1 is 0.912 bits per heavy atom. The van der Waals surface area contributed by atoms with Gasteiger partial charge in [-0.1, -0.05) is 104 Å². The van der Waals surface area contributed by atoms with Crippen molar-refractivity contribution in [1.82, 2.24) is 9.47 Å². The van der Waals surface area contributed by atoms with Gasteiger partial charge in [-0.3, -0.25) is 9.69 Å². The van der Waals surface area contributed by atoms with Gasteiger partial charge in [-0.2, -0.15) is 0 Å². The Balaban J connectivity index is 1.37. The van der Waals surface area contributed by atoms with Crippen LogP contribution >= 0.6 is 24.0 Å². The molecule has 5 heteroatoms. The van der Waals surface area contributed by atoms with Crippen LogP contribution in [-0.4, -0.2) is 25.7 Å². The molecule has 0 radical (unpaired) electrons. The number of fused-ring (bicyclic) bond motifs is 2. The maximum absolute atomic E-state index is 13.3. The van der Waals surface area contributed by atoms with Crippen LogP contribution in [0.15, 0.2) is 77.8 Å². The number of carbonyl (C=O) groups excluding carboxylic acids is 1. The van der Waals surface area contributed by atoms with E-state index >= 15 is 0 Å². The van der Waals surface area contributed by atoms with Crippen LogP contribution in [0.1, 0.15) is 43.2 Å². The average Bonchev–Trinajstić information content (AvgIpc) is 3.36. The van der Waals surface area contributed by atoms with Crippen molar-refractivity contribution in [2.75, 3.05) is 0 Å². The van der Waals surface area contributed by atoms with Gasteiger partial charge in [0.2, 0.25) is 0 Å². The normalized spacial score (nSPS) is 18.6. The first-order chi connectivity index (χ1) is 16.7. The summed E-state index contributed by atoms with van der Waals surface area (Å²) < 4.78 is 3.01. The van der Waals surface area contributed by atoms with E-state index in [1.165, 1.54) is 52.9 Å². The molecule has 0 unspecified atom stereocenters. The molecule has 3 aromatic carbocycles. The molecule has 1 saturated heterocycles. The Morgan fingerprint density at radius 3 is 2.50 bits per heavy atom. The van der Waals surface area contributed by atoms with Crippen molar-refractivity contribution < 1.29 is 4.79 Å². The smallest absolute Gasteiger partial charge is 0.266 e. The van der Waals surface area contributed by atoms with Gasteiger partial charge in [-0.25, -0.2) is 0 Å². The predicted octanol–water partition coefficient (Wildman–Crippen LogP) is 7.38. The zero-order valence-corrected chi connectivity index (χ0v) is 20.6. The molecule has 1 aliphatic heterocycles.